The van der Waals surface area contributed by atoms with Gasteiger partial charge in [0, 0.05) is 0 Å². The summed E-state index contributed by atoms with van der Waals surface area (Å²) in [4.78, 5) is 10.5. The summed E-state index contributed by atoms with van der Waals surface area (Å²) in [6.07, 6.45) is 1.96. The van der Waals surface area contributed by atoms with Gasteiger partial charge in [-0.05, 0) is 6.42 Å². The van der Waals surface area contributed by atoms with Gasteiger partial charge in [0.2, 0.25) is 7.28 Å². The molecule has 38 valence electrons. The van der Waals surface area contributed by atoms with Crippen molar-refractivity contribution in [2.45, 2.75) is 25.6 Å². The van der Waals surface area contributed by atoms with Crippen molar-refractivity contribution in [1.29, 1.82) is 0 Å². The minimum Gasteiger partial charge on any atom is -0.312 e. The molecule has 0 aromatic heterocycles. The smallest absolute Gasteiger partial charge is 0.208 e. The van der Waals surface area contributed by atoms with Gasteiger partial charge in [-0.25, -0.2) is 0 Å². The highest BCUT2D eigenvalue weighted by Crippen LogP contribution is 2.18. The van der Waals surface area contributed by atoms with E-state index in [0.29, 0.717) is 11.5 Å². The summed E-state index contributed by atoms with van der Waals surface area (Å²) in [5.74, 6) is 0.674. The quantitative estimate of drug-likeness (QED) is 0.402. The van der Waals surface area contributed by atoms with Crippen LogP contribution in [0, 0.1) is 0 Å². The number of hydrogen-bond acceptors (Lipinski definition) is 1. The zero-order valence-corrected chi connectivity index (χ0v) is 4.61. The number of carbonyl (C=O) groups excluding carboxylic acids is 1. The molecule has 1 heterocycles. The Balaban J connectivity index is 2.40. The molecule has 1 atom stereocenters. The van der Waals surface area contributed by atoms with E-state index in [1.807, 2.05) is 0 Å². The van der Waals surface area contributed by atoms with E-state index < -0.39 is 0 Å². The first-order chi connectivity index (χ1) is 3.29. The number of hydrogen-bond donors (Lipinski definition) is 0. The zero-order chi connectivity index (χ0) is 5.28. The highest BCUT2D eigenvalue weighted by Gasteiger charge is 2.18. The maximum Gasteiger partial charge on any atom is 0.208 e. The normalized spacial score (nSPS) is 30.4. The fraction of sp³-hybridized carbons (Fsp3) is 0.800. The fourth-order valence-corrected chi connectivity index (χ4v) is 1.00. The Bertz CT molecular complexity index is 90.1. The number of carbonyl (C=O) groups is 1. The molecule has 1 saturated heterocycles. The van der Waals surface area contributed by atoms with Crippen molar-refractivity contribution in [3.8, 4) is 0 Å². The molecular formula is C5H9BO. The standard InChI is InChI=1S/C5H9BO/c1-4-2-3-5(7)6-4/h4,6H,2-3H2,1H3. The van der Waals surface area contributed by atoms with E-state index in [2.05, 4.69) is 6.92 Å². The van der Waals surface area contributed by atoms with Crippen molar-refractivity contribution in [3.05, 3.63) is 0 Å². The molecule has 0 saturated carbocycles. The molecule has 0 amide bonds. The molecule has 2 heteroatoms. The van der Waals surface area contributed by atoms with Gasteiger partial charge in [0.1, 0.15) is 0 Å². The highest BCUT2D eigenvalue weighted by molar-refractivity contribution is 6.76. The lowest BCUT2D eigenvalue weighted by Gasteiger charge is -1.88. The Hall–Kier alpha value is -0.265. The molecule has 1 nitrogen and oxygen atoms in total. The van der Waals surface area contributed by atoms with Crippen molar-refractivity contribution in [3.63, 3.8) is 0 Å². The third kappa shape index (κ3) is 1.05. The molecule has 1 rings (SSSR count). The van der Waals surface area contributed by atoms with Gasteiger partial charge in [-0.1, -0.05) is 19.2 Å². The maximum absolute atomic E-state index is 10.5. The van der Waals surface area contributed by atoms with Crippen LogP contribution in [0.1, 0.15) is 19.8 Å². The molecule has 1 aliphatic rings. The summed E-state index contributed by atoms with van der Waals surface area (Å²) in [5, 5.41) is 0. The van der Waals surface area contributed by atoms with Crippen molar-refractivity contribution >= 4 is 13.0 Å². The van der Waals surface area contributed by atoms with Crippen LogP contribution in [-0.2, 0) is 4.79 Å². The molecule has 0 bridgehead atoms. The average Bonchev–Trinajstić information content (AvgIpc) is 1.87. The molecule has 0 aromatic rings. The highest BCUT2D eigenvalue weighted by atomic mass is 16.1. The Kier molecular flexibility index (Phi) is 1.18. The largest absolute Gasteiger partial charge is 0.312 e. The van der Waals surface area contributed by atoms with Crippen molar-refractivity contribution in [2.75, 3.05) is 0 Å². The molecule has 1 unspecified atom stereocenters. The zero-order valence-electron chi connectivity index (χ0n) is 4.61. The lowest BCUT2D eigenvalue weighted by molar-refractivity contribution is -0.111. The summed E-state index contributed by atoms with van der Waals surface area (Å²) in [6, 6.07) is 0. The number of rotatable bonds is 0. The van der Waals surface area contributed by atoms with Gasteiger partial charge in [-0.2, -0.15) is 0 Å². The molecule has 0 aromatic carbocycles. The lowest BCUT2D eigenvalue weighted by Crippen LogP contribution is -1.99. The Labute approximate surface area is 44.3 Å². The van der Waals surface area contributed by atoms with E-state index in [1.165, 1.54) is 0 Å². The molecule has 0 N–H and O–H groups in total. The lowest BCUT2D eigenvalue weighted by atomic mass is 9.68. The molecule has 7 heavy (non-hydrogen) atoms. The first kappa shape index (κ1) is 4.88. The van der Waals surface area contributed by atoms with Gasteiger partial charge in [0.25, 0.3) is 0 Å². The van der Waals surface area contributed by atoms with Gasteiger partial charge in [0.15, 0.2) is 0 Å². The Morgan fingerprint density at radius 2 is 2.57 bits per heavy atom. The van der Waals surface area contributed by atoms with E-state index in [-0.39, 0.29) is 0 Å². The monoisotopic (exact) mass is 96.1 g/mol. The predicted octanol–water partition coefficient (Wildman–Crippen LogP) is 0.552. The van der Waals surface area contributed by atoms with Crippen molar-refractivity contribution in [1.82, 2.24) is 0 Å². The van der Waals surface area contributed by atoms with Crippen molar-refractivity contribution in [2.24, 2.45) is 0 Å². The molecule has 1 fully saturated rings. The van der Waals surface area contributed by atoms with Gasteiger partial charge in [-0.3, -0.25) is 0 Å². The minimum atomic E-state index is 0.451. The molecule has 0 spiro atoms. The Morgan fingerprint density at radius 1 is 1.86 bits per heavy atom. The fourth-order valence-electron chi connectivity index (χ4n) is 1.00. The molecule has 0 aliphatic carbocycles. The first-order valence-electron chi connectivity index (χ1n) is 2.81. The SMILES string of the molecule is CC1BC(=O)CC1. The average molecular weight is 95.9 g/mol. The third-order valence-corrected chi connectivity index (χ3v) is 1.49. The molecule has 0 radical (unpaired) electrons. The van der Waals surface area contributed by atoms with Crippen LogP contribution >= 0.6 is 0 Å². The molecule has 1 aliphatic heterocycles. The van der Waals surface area contributed by atoms with E-state index >= 15 is 0 Å². The minimum absolute atomic E-state index is 0.451. The topological polar surface area (TPSA) is 17.1 Å². The van der Waals surface area contributed by atoms with Crippen LogP contribution in [0.5, 0.6) is 0 Å². The van der Waals surface area contributed by atoms with Crippen LogP contribution in [-0.4, -0.2) is 13.0 Å². The van der Waals surface area contributed by atoms with E-state index in [0.717, 1.165) is 20.1 Å². The Morgan fingerprint density at radius 3 is 2.71 bits per heavy atom. The van der Waals surface area contributed by atoms with Crippen LogP contribution in [0.15, 0.2) is 0 Å². The predicted molar refractivity (Wildman–Crippen MR) is 30.8 cm³/mol. The maximum atomic E-state index is 10.5. The molecular weight excluding hydrogens is 86.9 g/mol. The second-order valence-electron chi connectivity index (χ2n) is 2.39. The van der Waals surface area contributed by atoms with E-state index in [1.54, 1.807) is 0 Å². The van der Waals surface area contributed by atoms with Crippen LogP contribution in [0.2, 0.25) is 5.82 Å². The summed E-state index contributed by atoms with van der Waals surface area (Å²) >= 11 is 0. The van der Waals surface area contributed by atoms with E-state index in [9.17, 15) is 4.79 Å². The van der Waals surface area contributed by atoms with Gasteiger partial charge < -0.3 is 4.79 Å². The van der Waals surface area contributed by atoms with Crippen LogP contribution in [0.3, 0.4) is 0 Å². The van der Waals surface area contributed by atoms with Crippen LogP contribution in [0.4, 0.5) is 0 Å². The summed E-state index contributed by atoms with van der Waals surface area (Å²) in [7, 11) is 0.833. The second kappa shape index (κ2) is 1.69. The van der Waals surface area contributed by atoms with Gasteiger partial charge >= 0.3 is 0 Å². The summed E-state index contributed by atoms with van der Waals surface area (Å²) in [6.45, 7) is 2.13. The first-order valence-corrected chi connectivity index (χ1v) is 2.81. The van der Waals surface area contributed by atoms with Gasteiger partial charge in [-0.15, -0.1) is 0 Å². The van der Waals surface area contributed by atoms with Crippen molar-refractivity contribution < 1.29 is 4.79 Å². The van der Waals surface area contributed by atoms with E-state index in [4.69, 9.17) is 0 Å². The summed E-state index contributed by atoms with van der Waals surface area (Å²) < 4.78 is 0. The second-order valence-corrected chi connectivity index (χ2v) is 2.39. The van der Waals surface area contributed by atoms with Gasteiger partial charge in [0.05, 0.1) is 5.68 Å². The summed E-state index contributed by atoms with van der Waals surface area (Å²) in [5.41, 5.74) is 0.451. The third-order valence-electron chi connectivity index (χ3n) is 1.49. The van der Waals surface area contributed by atoms with Crippen LogP contribution < -0.4 is 0 Å². The van der Waals surface area contributed by atoms with Crippen LogP contribution in [0.25, 0.3) is 0 Å².